The number of aliphatic hydroxyl groups is 1. The fourth-order valence-electron chi connectivity index (χ4n) is 6.76. The highest BCUT2D eigenvalue weighted by molar-refractivity contribution is 5.90. The summed E-state index contributed by atoms with van der Waals surface area (Å²) in [6.07, 6.45) is -0.969. The van der Waals surface area contributed by atoms with E-state index >= 15 is 0 Å². The summed E-state index contributed by atoms with van der Waals surface area (Å²) in [6.45, 7) is 10.8. The lowest BCUT2D eigenvalue weighted by atomic mass is 9.72. The van der Waals surface area contributed by atoms with Crippen LogP contribution in [0.3, 0.4) is 0 Å². The van der Waals surface area contributed by atoms with Gasteiger partial charge in [-0.25, -0.2) is 14.8 Å². The number of nitrogens with one attached hydrogen (secondary N) is 3. The van der Waals surface area contributed by atoms with E-state index in [0.29, 0.717) is 11.5 Å². The van der Waals surface area contributed by atoms with E-state index in [0.717, 1.165) is 22.4 Å². The van der Waals surface area contributed by atoms with E-state index in [2.05, 4.69) is 20.9 Å². The number of oxazole rings is 2. The van der Waals surface area contributed by atoms with Gasteiger partial charge >= 0.3 is 5.97 Å². The lowest BCUT2D eigenvalue weighted by Crippen LogP contribution is -2.52. The molecule has 3 aliphatic heterocycles. The second-order valence-corrected chi connectivity index (χ2v) is 13.7. The van der Waals surface area contributed by atoms with Crippen molar-refractivity contribution in [2.45, 2.75) is 83.9 Å². The summed E-state index contributed by atoms with van der Waals surface area (Å²) in [5.41, 5.74) is 2.27. The van der Waals surface area contributed by atoms with Crippen LogP contribution in [0.1, 0.15) is 86.4 Å². The minimum absolute atomic E-state index is 0.0272. The number of fused-ring (bicyclic) bond motifs is 4. The van der Waals surface area contributed by atoms with Crippen LogP contribution in [-0.2, 0) is 26.2 Å². The number of nitrogens with zero attached hydrogens (tertiary/aromatic N) is 2. The Morgan fingerprint density at radius 2 is 1.82 bits per heavy atom. The molecule has 0 fully saturated rings. The fraction of sp³-hybridized carbons (Fsp3) is 0.417. The van der Waals surface area contributed by atoms with Gasteiger partial charge in [0.05, 0.1) is 6.10 Å². The zero-order valence-electron chi connectivity index (χ0n) is 28.1. The Morgan fingerprint density at radius 3 is 2.55 bits per heavy atom. The zero-order chi connectivity index (χ0) is 34.8. The first-order valence-electron chi connectivity index (χ1n) is 16.5. The van der Waals surface area contributed by atoms with Crippen molar-refractivity contribution < 1.29 is 37.8 Å². The Morgan fingerprint density at radius 1 is 1.04 bits per heavy atom. The molecule has 2 aromatic carbocycles. The Labute approximate surface area is 282 Å². The number of para-hydroxylation sites is 1. The van der Waals surface area contributed by atoms with Crippen LogP contribution in [0.5, 0.6) is 5.75 Å². The highest BCUT2D eigenvalue weighted by atomic mass is 16.5. The second kappa shape index (κ2) is 12.1. The third-order valence-corrected chi connectivity index (χ3v) is 9.21. The molecule has 0 radical (unpaired) electrons. The normalized spacial score (nSPS) is 22.7. The number of esters is 1. The Hall–Kier alpha value is -5.17. The van der Waals surface area contributed by atoms with Crippen molar-refractivity contribution in [3.05, 3.63) is 82.8 Å². The standard InChI is InChI=1S/C36H39N5O8/c1-16(2)26-33-41-27(32-38-24(15-46-32)34(45)47-18(5)6)29(49-33)36-20-9-7-8-10-22(20)39-35(36)48-25-12-11-19(13-21(25)36)14-23(30(43)40-26)37-31(44)28(42)17(3)4/h7-13,15-18,23,26,28,35,39,42H,14H2,1-6H3,(H,37,44)(H,40,43)/t23-,26-,28-,35?,36?/m0/s1. The quantitative estimate of drug-likeness (QED) is 0.207. The Bertz CT molecular complexity index is 1950. The third-order valence-electron chi connectivity index (χ3n) is 9.21. The van der Waals surface area contributed by atoms with Gasteiger partial charge in [0.15, 0.2) is 23.4 Å². The zero-order valence-corrected chi connectivity index (χ0v) is 28.1. The molecule has 13 heteroatoms. The van der Waals surface area contributed by atoms with Gasteiger partial charge in [-0.15, -0.1) is 0 Å². The maximum Gasteiger partial charge on any atom is 0.360 e. The number of carbonyl (C=O) groups excluding carboxylic acids is 3. The topological polar surface area (TPSA) is 178 Å². The van der Waals surface area contributed by atoms with Gasteiger partial charge in [0, 0.05) is 17.7 Å². The highest BCUT2D eigenvalue weighted by Crippen LogP contribution is 2.59. The number of benzene rings is 2. The Kier molecular flexibility index (Phi) is 7.97. The summed E-state index contributed by atoms with van der Waals surface area (Å²) in [5.74, 6) is -1.19. The Balaban J connectivity index is 1.46. The molecule has 2 unspecified atom stereocenters. The summed E-state index contributed by atoms with van der Waals surface area (Å²) in [5, 5.41) is 19.8. The average molecular weight is 670 g/mol. The number of rotatable bonds is 7. The molecule has 7 rings (SSSR count). The first kappa shape index (κ1) is 32.4. The first-order valence-corrected chi connectivity index (χ1v) is 16.5. The molecule has 256 valence electrons. The summed E-state index contributed by atoms with van der Waals surface area (Å²) >= 11 is 0. The van der Waals surface area contributed by atoms with E-state index in [1.807, 2.05) is 56.3 Å². The molecule has 49 heavy (non-hydrogen) atoms. The minimum Gasteiger partial charge on any atom is -0.469 e. The van der Waals surface area contributed by atoms with Crippen LogP contribution in [0.2, 0.25) is 0 Å². The predicted molar refractivity (Wildman–Crippen MR) is 176 cm³/mol. The van der Waals surface area contributed by atoms with Crippen molar-refractivity contribution in [1.82, 2.24) is 20.6 Å². The van der Waals surface area contributed by atoms with Crippen LogP contribution in [0.15, 0.2) is 57.6 Å². The van der Waals surface area contributed by atoms with E-state index in [4.69, 9.17) is 23.3 Å². The van der Waals surface area contributed by atoms with Crippen LogP contribution in [0.25, 0.3) is 11.6 Å². The van der Waals surface area contributed by atoms with Crippen molar-refractivity contribution >= 4 is 23.5 Å². The summed E-state index contributed by atoms with van der Waals surface area (Å²) in [7, 11) is 0. The van der Waals surface area contributed by atoms with Crippen LogP contribution >= 0.6 is 0 Å². The number of hydrogen-bond donors (Lipinski definition) is 4. The summed E-state index contributed by atoms with van der Waals surface area (Å²) < 4.78 is 24.6. The van der Waals surface area contributed by atoms with Crippen molar-refractivity contribution in [1.29, 1.82) is 0 Å². The SMILES string of the molecule is CC(C)OC(=O)c1coc(-c2nc3oc2C24c5ccccc5NC2Oc2ccc(cc24)C[C@H](NC(=O)[C@@H](O)C(C)C)C(=O)N[C@H]3C(C)C)n1. The van der Waals surface area contributed by atoms with Crippen molar-refractivity contribution in [2.24, 2.45) is 11.8 Å². The molecule has 0 aliphatic carbocycles. The number of ether oxygens (including phenoxy) is 2. The van der Waals surface area contributed by atoms with Crippen molar-refractivity contribution in [2.75, 3.05) is 5.32 Å². The monoisotopic (exact) mass is 669 g/mol. The fourth-order valence-corrected chi connectivity index (χ4v) is 6.76. The van der Waals surface area contributed by atoms with Gasteiger partial charge in [-0.05, 0) is 48.9 Å². The van der Waals surface area contributed by atoms with E-state index in [1.165, 1.54) is 6.26 Å². The van der Waals surface area contributed by atoms with E-state index in [1.54, 1.807) is 27.7 Å². The lowest BCUT2D eigenvalue weighted by molar-refractivity contribution is -0.135. The van der Waals surface area contributed by atoms with Crippen molar-refractivity contribution in [3.8, 4) is 17.3 Å². The first-order chi connectivity index (χ1) is 23.4. The molecule has 0 saturated carbocycles. The van der Waals surface area contributed by atoms with Gasteiger partial charge in [0.25, 0.3) is 0 Å². The highest BCUT2D eigenvalue weighted by Gasteiger charge is 2.61. The van der Waals surface area contributed by atoms with Gasteiger partial charge in [-0.2, -0.15) is 0 Å². The van der Waals surface area contributed by atoms with Crippen LogP contribution in [0, 0.1) is 11.8 Å². The van der Waals surface area contributed by atoms with Gasteiger partial charge < -0.3 is 39.4 Å². The van der Waals surface area contributed by atoms with Crippen molar-refractivity contribution in [3.63, 3.8) is 0 Å². The molecule has 5 heterocycles. The van der Waals surface area contributed by atoms with E-state index < -0.39 is 47.6 Å². The molecule has 0 saturated heterocycles. The molecule has 4 aromatic rings. The van der Waals surface area contributed by atoms with Gasteiger partial charge in [0.1, 0.15) is 35.6 Å². The summed E-state index contributed by atoms with van der Waals surface area (Å²) in [6, 6.07) is 11.6. The van der Waals surface area contributed by atoms with Gasteiger partial charge in [-0.1, -0.05) is 58.0 Å². The number of amides is 2. The molecule has 4 N–H and O–H groups in total. The van der Waals surface area contributed by atoms with E-state index in [9.17, 15) is 19.5 Å². The summed E-state index contributed by atoms with van der Waals surface area (Å²) in [4.78, 5) is 49.3. The molecule has 4 bridgehead atoms. The second-order valence-electron chi connectivity index (χ2n) is 13.7. The number of aliphatic hydroxyl groups excluding tert-OH is 1. The van der Waals surface area contributed by atoms with Crippen LogP contribution in [0.4, 0.5) is 5.69 Å². The minimum atomic E-state index is -1.30. The predicted octanol–water partition coefficient (Wildman–Crippen LogP) is 4.24. The number of anilines is 1. The molecular weight excluding hydrogens is 630 g/mol. The molecule has 2 amide bonds. The molecule has 5 atom stereocenters. The van der Waals surface area contributed by atoms with Crippen LogP contribution < -0.4 is 20.7 Å². The maximum atomic E-state index is 14.0. The molecule has 1 spiro atoms. The molecular formula is C36H39N5O8. The number of carbonyl (C=O) groups is 3. The van der Waals surface area contributed by atoms with Crippen LogP contribution in [-0.4, -0.2) is 57.3 Å². The smallest absolute Gasteiger partial charge is 0.360 e. The third kappa shape index (κ3) is 5.32. The molecule has 13 nitrogen and oxygen atoms in total. The average Bonchev–Trinajstić information content (AvgIpc) is 3.83. The molecule has 2 aromatic heterocycles. The van der Waals surface area contributed by atoms with E-state index in [-0.39, 0.29) is 47.5 Å². The lowest BCUT2D eigenvalue weighted by Gasteiger charge is -2.29. The van der Waals surface area contributed by atoms with Gasteiger partial charge in [-0.3, -0.25) is 9.59 Å². The maximum absolute atomic E-state index is 14.0. The number of hydrogen-bond acceptors (Lipinski definition) is 11. The number of aromatic nitrogens is 2. The largest absolute Gasteiger partial charge is 0.469 e. The molecule has 3 aliphatic rings. The van der Waals surface area contributed by atoms with Gasteiger partial charge in [0.2, 0.25) is 23.6 Å².